The van der Waals surface area contributed by atoms with E-state index in [0.29, 0.717) is 11.3 Å². The lowest BCUT2D eigenvalue weighted by Gasteiger charge is -2.20. The van der Waals surface area contributed by atoms with Crippen LogP contribution in [0.2, 0.25) is 0 Å². The zero-order chi connectivity index (χ0) is 23.1. The first-order chi connectivity index (χ1) is 15.3. The zero-order valence-corrected chi connectivity index (χ0v) is 18.2. The topological polar surface area (TPSA) is 84.5 Å². The molecule has 0 spiro atoms. The Morgan fingerprint density at radius 1 is 1.00 bits per heavy atom. The lowest BCUT2D eigenvalue weighted by atomic mass is 9.98. The van der Waals surface area contributed by atoms with Crippen LogP contribution in [0, 0.1) is 5.82 Å². The molecule has 0 radical (unpaired) electrons. The highest BCUT2D eigenvalue weighted by Crippen LogP contribution is 2.25. The fourth-order valence-corrected chi connectivity index (χ4v) is 4.06. The van der Waals surface area contributed by atoms with Gasteiger partial charge >= 0.3 is 0 Å². The van der Waals surface area contributed by atoms with Crippen molar-refractivity contribution in [3.05, 3.63) is 108 Å². The Morgan fingerprint density at radius 3 is 2.09 bits per heavy atom. The third kappa shape index (κ3) is 5.60. The van der Waals surface area contributed by atoms with E-state index in [1.54, 1.807) is 31.4 Å². The van der Waals surface area contributed by atoms with Crippen LogP contribution in [0.1, 0.15) is 27.5 Å². The standard InChI is InChI=1S/C24H23FN2O4S/c1-3-16-26-32(29,30)22-14-8-19(9-15-22)24(28)27-23(17-4-10-20(25)11-5-17)18-6-12-21(31-2)13-7-18/h3-15,23,26H,1,16H2,2H3,(H,27,28). The molecule has 3 aromatic rings. The van der Waals surface area contributed by atoms with E-state index in [1.807, 2.05) is 12.1 Å². The molecule has 3 rings (SSSR count). The zero-order valence-electron chi connectivity index (χ0n) is 17.4. The van der Waals surface area contributed by atoms with E-state index < -0.39 is 22.0 Å². The second kappa shape index (κ2) is 10.2. The van der Waals surface area contributed by atoms with Gasteiger partial charge in [0.05, 0.1) is 18.0 Å². The van der Waals surface area contributed by atoms with Crippen LogP contribution in [0.4, 0.5) is 4.39 Å². The van der Waals surface area contributed by atoms with Crippen LogP contribution in [0.15, 0.2) is 90.3 Å². The Balaban J connectivity index is 1.86. The van der Waals surface area contributed by atoms with Gasteiger partial charge in [-0.15, -0.1) is 6.58 Å². The van der Waals surface area contributed by atoms with Crippen LogP contribution in [-0.2, 0) is 10.0 Å². The first-order valence-corrected chi connectivity index (χ1v) is 11.2. The van der Waals surface area contributed by atoms with E-state index in [2.05, 4.69) is 16.6 Å². The van der Waals surface area contributed by atoms with Crippen LogP contribution in [0.5, 0.6) is 5.75 Å². The van der Waals surface area contributed by atoms with Gasteiger partial charge in [-0.2, -0.15) is 0 Å². The van der Waals surface area contributed by atoms with E-state index in [0.717, 1.165) is 5.56 Å². The number of ether oxygens (including phenoxy) is 1. The van der Waals surface area contributed by atoms with Gasteiger partial charge in [-0.1, -0.05) is 30.3 Å². The summed E-state index contributed by atoms with van der Waals surface area (Å²) in [5.41, 5.74) is 1.75. The summed E-state index contributed by atoms with van der Waals surface area (Å²) in [6, 6.07) is 18.1. The van der Waals surface area contributed by atoms with Gasteiger partial charge in [-0.05, 0) is 59.7 Å². The lowest BCUT2D eigenvalue weighted by Crippen LogP contribution is -2.29. The maximum Gasteiger partial charge on any atom is 0.252 e. The molecule has 0 bridgehead atoms. The molecule has 0 aromatic heterocycles. The first-order valence-electron chi connectivity index (χ1n) is 9.75. The molecule has 1 atom stereocenters. The summed E-state index contributed by atoms with van der Waals surface area (Å²) in [4.78, 5) is 13.0. The molecule has 0 saturated carbocycles. The molecule has 0 aliphatic rings. The average molecular weight is 455 g/mol. The molecule has 6 nitrogen and oxygen atoms in total. The number of nitrogens with one attached hydrogen (secondary N) is 2. The third-order valence-corrected chi connectivity index (χ3v) is 6.21. The molecule has 0 saturated heterocycles. The SMILES string of the molecule is C=CCNS(=O)(=O)c1ccc(C(=O)NC(c2ccc(F)cc2)c2ccc(OC)cc2)cc1. The number of amides is 1. The molecular weight excluding hydrogens is 431 g/mol. The van der Waals surface area contributed by atoms with E-state index in [1.165, 1.54) is 42.5 Å². The fraction of sp³-hybridized carbons (Fsp3) is 0.125. The van der Waals surface area contributed by atoms with Crippen molar-refractivity contribution in [2.75, 3.05) is 13.7 Å². The molecule has 32 heavy (non-hydrogen) atoms. The molecule has 8 heteroatoms. The predicted molar refractivity (Wildman–Crippen MR) is 121 cm³/mol. The van der Waals surface area contributed by atoms with E-state index in [4.69, 9.17) is 4.74 Å². The molecule has 3 aromatic carbocycles. The Morgan fingerprint density at radius 2 is 1.56 bits per heavy atom. The highest BCUT2D eigenvalue weighted by Gasteiger charge is 2.19. The van der Waals surface area contributed by atoms with Crippen molar-refractivity contribution in [3.63, 3.8) is 0 Å². The number of sulfonamides is 1. The fourth-order valence-electron chi connectivity index (χ4n) is 3.06. The van der Waals surface area contributed by atoms with Crippen LogP contribution >= 0.6 is 0 Å². The minimum absolute atomic E-state index is 0.0427. The molecule has 1 amide bonds. The highest BCUT2D eigenvalue weighted by molar-refractivity contribution is 7.89. The van der Waals surface area contributed by atoms with Crippen molar-refractivity contribution < 1.29 is 22.3 Å². The third-order valence-electron chi connectivity index (χ3n) is 4.77. The maximum atomic E-state index is 13.4. The number of carbonyl (C=O) groups excluding carboxylic acids is 1. The van der Waals surface area contributed by atoms with Gasteiger partial charge in [0.1, 0.15) is 11.6 Å². The van der Waals surface area contributed by atoms with E-state index >= 15 is 0 Å². The number of hydrogen-bond acceptors (Lipinski definition) is 4. The van der Waals surface area contributed by atoms with Crippen LogP contribution in [0.25, 0.3) is 0 Å². The Kier molecular flexibility index (Phi) is 7.40. The molecule has 166 valence electrons. The summed E-state index contributed by atoms with van der Waals surface area (Å²) in [7, 11) is -2.12. The van der Waals surface area contributed by atoms with Gasteiger partial charge in [0.25, 0.3) is 5.91 Å². The number of carbonyl (C=O) groups is 1. The Bertz CT molecular complexity index is 1180. The number of hydrogen-bond donors (Lipinski definition) is 2. The second-order valence-corrected chi connectivity index (χ2v) is 8.66. The van der Waals surface area contributed by atoms with Crippen molar-refractivity contribution >= 4 is 15.9 Å². The smallest absolute Gasteiger partial charge is 0.252 e. The summed E-state index contributed by atoms with van der Waals surface area (Å²) in [5, 5.41) is 2.93. The van der Waals surface area contributed by atoms with Crippen molar-refractivity contribution in [1.82, 2.24) is 10.0 Å². The Labute approximate surface area is 186 Å². The summed E-state index contributed by atoms with van der Waals surface area (Å²) >= 11 is 0. The minimum atomic E-state index is -3.68. The van der Waals surface area contributed by atoms with Gasteiger partial charge in [-0.3, -0.25) is 4.79 Å². The average Bonchev–Trinajstić information content (AvgIpc) is 2.82. The van der Waals surface area contributed by atoms with E-state index in [9.17, 15) is 17.6 Å². The predicted octanol–water partition coefficient (Wildman–Crippen LogP) is 3.82. The quantitative estimate of drug-likeness (QED) is 0.482. The van der Waals surface area contributed by atoms with Crippen LogP contribution in [0.3, 0.4) is 0 Å². The summed E-state index contributed by atoms with van der Waals surface area (Å²) < 4.78 is 45.4. The van der Waals surface area contributed by atoms with Gasteiger partial charge in [0.2, 0.25) is 10.0 Å². The van der Waals surface area contributed by atoms with Crippen LogP contribution in [-0.4, -0.2) is 28.0 Å². The van der Waals surface area contributed by atoms with Crippen molar-refractivity contribution in [2.45, 2.75) is 10.9 Å². The molecule has 0 aliphatic heterocycles. The van der Waals surface area contributed by atoms with Gasteiger partial charge in [0, 0.05) is 12.1 Å². The molecule has 1 unspecified atom stereocenters. The molecule has 0 heterocycles. The molecule has 2 N–H and O–H groups in total. The van der Waals surface area contributed by atoms with Crippen molar-refractivity contribution in [1.29, 1.82) is 0 Å². The Hall–Kier alpha value is -3.49. The minimum Gasteiger partial charge on any atom is -0.497 e. The number of methoxy groups -OCH3 is 1. The number of halogens is 1. The van der Waals surface area contributed by atoms with E-state index in [-0.39, 0.29) is 22.8 Å². The highest BCUT2D eigenvalue weighted by atomic mass is 32.2. The normalized spacial score (nSPS) is 12.1. The van der Waals surface area contributed by atoms with Crippen molar-refractivity contribution in [3.8, 4) is 5.75 Å². The summed E-state index contributed by atoms with van der Waals surface area (Å²) in [6.07, 6.45) is 1.44. The van der Waals surface area contributed by atoms with Crippen molar-refractivity contribution in [2.24, 2.45) is 0 Å². The largest absolute Gasteiger partial charge is 0.497 e. The van der Waals surface area contributed by atoms with Crippen LogP contribution < -0.4 is 14.8 Å². The molecule has 0 fully saturated rings. The first kappa shape index (κ1) is 23.2. The second-order valence-electron chi connectivity index (χ2n) is 6.90. The number of rotatable bonds is 9. The van der Waals surface area contributed by atoms with Gasteiger partial charge < -0.3 is 10.1 Å². The summed E-state index contributed by atoms with van der Waals surface area (Å²) in [5.74, 6) is -0.117. The molecular formula is C24H23FN2O4S. The lowest BCUT2D eigenvalue weighted by molar-refractivity contribution is 0.0943. The van der Waals surface area contributed by atoms with Gasteiger partial charge in [-0.25, -0.2) is 17.5 Å². The van der Waals surface area contributed by atoms with Gasteiger partial charge in [0.15, 0.2) is 0 Å². The maximum absolute atomic E-state index is 13.4. The monoisotopic (exact) mass is 454 g/mol. The summed E-state index contributed by atoms with van der Waals surface area (Å²) in [6.45, 7) is 3.58. The molecule has 0 aliphatic carbocycles. The number of benzene rings is 3.